The Kier molecular flexibility index (Phi) is 3.87. The van der Waals surface area contributed by atoms with Crippen molar-refractivity contribution in [3.8, 4) is 0 Å². The van der Waals surface area contributed by atoms with Gasteiger partial charge in [-0.1, -0.05) is 42.5 Å². The number of amides is 1. The summed E-state index contributed by atoms with van der Waals surface area (Å²) in [6.07, 6.45) is 7.26. The lowest BCUT2D eigenvalue weighted by atomic mass is 9.84. The lowest BCUT2D eigenvalue weighted by Gasteiger charge is -2.39. The average Bonchev–Trinajstić information content (AvgIpc) is 3.29. The molecule has 2 aliphatic heterocycles. The molecule has 0 atom stereocenters. The number of nitrogens with one attached hydrogen (secondary N) is 1. The van der Waals surface area contributed by atoms with Crippen LogP contribution in [0.5, 0.6) is 0 Å². The van der Waals surface area contributed by atoms with E-state index in [2.05, 4.69) is 35.3 Å². The fourth-order valence-electron chi connectivity index (χ4n) is 4.38. The number of hydrogen-bond donors (Lipinski definition) is 1. The van der Waals surface area contributed by atoms with Gasteiger partial charge in [-0.05, 0) is 41.7 Å². The van der Waals surface area contributed by atoms with E-state index in [9.17, 15) is 4.79 Å². The number of carbonyl (C=O) groups is 1. The Morgan fingerprint density at radius 3 is 2.74 bits per heavy atom. The number of aromatic amines is 1. The summed E-state index contributed by atoms with van der Waals surface area (Å²) >= 11 is 0. The molecule has 2 aliphatic rings. The van der Waals surface area contributed by atoms with Crippen LogP contribution in [-0.4, -0.2) is 28.9 Å². The normalized spacial score (nSPS) is 18.4. The molecule has 2 aromatic carbocycles. The molecule has 1 amide bonds. The van der Waals surface area contributed by atoms with Crippen molar-refractivity contribution in [2.45, 2.75) is 25.0 Å². The van der Waals surface area contributed by atoms with Crippen molar-refractivity contribution in [3.63, 3.8) is 0 Å². The summed E-state index contributed by atoms with van der Waals surface area (Å²) < 4.78 is 6.19. The number of rotatable bonds is 2. The number of nitrogens with zero attached hydrogens (tertiary/aromatic N) is 1. The number of aromatic nitrogens is 1. The largest absolute Gasteiger partial charge is 0.365 e. The van der Waals surface area contributed by atoms with Crippen LogP contribution in [0.1, 0.15) is 29.5 Å². The van der Waals surface area contributed by atoms with Crippen molar-refractivity contribution in [2.75, 3.05) is 13.1 Å². The van der Waals surface area contributed by atoms with E-state index in [1.165, 1.54) is 11.1 Å². The molecule has 3 heterocycles. The molecule has 4 nitrogen and oxygen atoms in total. The van der Waals surface area contributed by atoms with Crippen molar-refractivity contribution in [1.82, 2.24) is 9.88 Å². The molecule has 0 saturated carbocycles. The highest BCUT2D eigenvalue weighted by molar-refractivity contribution is 5.96. The van der Waals surface area contributed by atoms with Crippen LogP contribution in [0.25, 0.3) is 17.0 Å². The summed E-state index contributed by atoms with van der Waals surface area (Å²) in [6, 6.07) is 16.6. The summed E-state index contributed by atoms with van der Waals surface area (Å²) in [4.78, 5) is 17.8. The molecule has 4 heteroatoms. The number of benzene rings is 2. The third kappa shape index (κ3) is 2.77. The molecule has 0 aliphatic carbocycles. The van der Waals surface area contributed by atoms with Crippen molar-refractivity contribution in [1.29, 1.82) is 0 Å². The topological polar surface area (TPSA) is 45.3 Å². The van der Waals surface area contributed by atoms with Gasteiger partial charge in [0, 0.05) is 36.3 Å². The monoisotopic (exact) mass is 358 g/mol. The Bertz CT molecular complexity index is 1030. The lowest BCUT2D eigenvalue weighted by molar-refractivity contribution is -0.133. The molecule has 1 fully saturated rings. The van der Waals surface area contributed by atoms with Gasteiger partial charge in [0.25, 0.3) is 0 Å². The third-order valence-electron chi connectivity index (χ3n) is 5.92. The van der Waals surface area contributed by atoms with Crippen molar-refractivity contribution >= 4 is 22.9 Å². The molecule has 1 saturated heterocycles. The van der Waals surface area contributed by atoms with E-state index in [4.69, 9.17) is 4.74 Å². The molecule has 1 N–H and O–H groups in total. The van der Waals surface area contributed by atoms with Gasteiger partial charge in [-0.25, -0.2) is 0 Å². The Balaban J connectivity index is 1.28. The van der Waals surface area contributed by atoms with Crippen LogP contribution in [0.4, 0.5) is 0 Å². The first-order chi connectivity index (χ1) is 13.3. The zero-order valence-electron chi connectivity index (χ0n) is 15.2. The zero-order valence-corrected chi connectivity index (χ0v) is 15.2. The maximum Gasteiger partial charge on any atom is 0.246 e. The van der Waals surface area contributed by atoms with Crippen LogP contribution < -0.4 is 0 Å². The first-order valence-corrected chi connectivity index (χ1v) is 9.51. The van der Waals surface area contributed by atoms with Crippen molar-refractivity contribution in [2.24, 2.45) is 0 Å². The first-order valence-electron chi connectivity index (χ1n) is 9.51. The van der Waals surface area contributed by atoms with Gasteiger partial charge in [-0.3, -0.25) is 4.79 Å². The highest BCUT2D eigenvalue weighted by atomic mass is 16.5. The fourth-order valence-corrected chi connectivity index (χ4v) is 4.38. The zero-order chi connectivity index (χ0) is 18.3. The van der Waals surface area contributed by atoms with E-state index in [1.807, 2.05) is 35.4 Å². The summed E-state index contributed by atoms with van der Waals surface area (Å²) in [5, 5.41) is 1.13. The standard InChI is InChI=1S/C23H22N2O2/c26-22(10-9-17-15-24-21-8-4-2-6-19(17)21)25-13-11-23(12-14-25)20-7-3-1-5-18(20)16-27-23/h1-10,15,24H,11-14,16H2/b10-9+. The van der Waals surface area contributed by atoms with E-state index < -0.39 is 0 Å². The van der Waals surface area contributed by atoms with Crippen molar-refractivity contribution in [3.05, 3.63) is 77.5 Å². The Hall–Kier alpha value is -2.85. The molecule has 3 aromatic rings. The number of ether oxygens (including phenoxy) is 1. The molecule has 0 unspecified atom stereocenters. The minimum atomic E-state index is -0.200. The molecular formula is C23H22N2O2. The van der Waals surface area contributed by atoms with Crippen LogP contribution in [0.2, 0.25) is 0 Å². The molecule has 0 bridgehead atoms. The van der Waals surface area contributed by atoms with Gasteiger partial charge < -0.3 is 14.6 Å². The van der Waals surface area contributed by atoms with E-state index in [-0.39, 0.29) is 11.5 Å². The second kappa shape index (κ2) is 6.39. The summed E-state index contributed by atoms with van der Waals surface area (Å²) in [5.41, 5.74) is 4.53. The highest BCUT2D eigenvalue weighted by Gasteiger charge is 2.42. The van der Waals surface area contributed by atoms with Crippen LogP contribution in [0, 0.1) is 0 Å². The van der Waals surface area contributed by atoms with Crippen LogP contribution in [0.15, 0.2) is 60.8 Å². The first kappa shape index (κ1) is 16.3. The van der Waals surface area contributed by atoms with Gasteiger partial charge >= 0.3 is 0 Å². The Morgan fingerprint density at radius 2 is 1.85 bits per heavy atom. The number of fused-ring (bicyclic) bond motifs is 3. The van der Waals surface area contributed by atoms with Gasteiger partial charge in [0.1, 0.15) is 0 Å². The number of piperidine rings is 1. The molecular weight excluding hydrogens is 336 g/mol. The minimum Gasteiger partial charge on any atom is -0.365 e. The van der Waals surface area contributed by atoms with Gasteiger partial charge in [0.15, 0.2) is 0 Å². The third-order valence-corrected chi connectivity index (χ3v) is 5.92. The summed E-state index contributed by atoms with van der Waals surface area (Å²) in [5.74, 6) is 0.0708. The molecule has 0 radical (unpaired) electrons. The average molecular weight is 358 g/mol. The summed E-state index contributed by atoms with van der Waals surface area (Å²) in [6.45, 7) is 2.14. The second-order valence-electron chi connectivity index (χ2n) is 7.39. The van der Waals surface area contributed by atoms with Crippen molar-refractivity contribution < 1.29 is 9.53 Å². The predicted molar refractivity (Wildman–Crippen MR) is 106 cm³/mol. The molecule has 5 rings (SSSR count). The fraction of sp³-hybridized carbons (Fsp3) is 0.261. The molecule has 136 valence electrons. The minimum absolute atomic E-state index is 0.0708. The lowest BCUT2D eigenvalue weighted by Crippen LogP contribution is -2.44. The number of H-pyrrole nitrogens is 1. The van der Waals surface area contributed by atoms with Gasteiger partial charge in [0.2, 0.25) is 5.91 Å². The second-order valence-corrected chi connectivity index (χ2v) is 7.39. The van der Waals surface area contributed by atoms with Gasteiger partial charge in [-0.15, -0.1) is 0 Å². The quantitative estimate of drug-likeness (QED) is 0.697. The molecule has 1 spiro atoms. The smallest absolute Gasteiger partial charge is 0.246 e. The SMILES string of the molecule is O=C(/C=C/c1c[nH]c2ccccc12)N1CCC2(CC1)OCc1ccccc12. The van der Waals surface area contributed by atoms with E-state index in [1.54, 1.807) is 6.08 Å². The van der Waals surface area contributed by atoms with E-state index in [0.29, 0.717) is 6.61 Å². The van der Waals surface area contributed by atoms with Gasteiger partial charge in [0.05, 0.1) is 12.2 Å². The van der Waals surface area contributed by atoms with Gasteiger partial charge in [-0.2, -0.15) is 0 Å². The number of likely N-dealkylation sites (tertiary alicyclic amines) is 1. The maximum atomic E-state index is 12.7. The highest BCUT2D eigenvalue weighted by Crippen LogP contribution is 2.43. The molecule has 1 aromatic heterocycles. The number of carbonyl (C=O) groups excluding carboxylic acids is 1. The van der Waals surface area contributed by atoms with Crippen LogP contribution in [-0.2, 0) is 21.7 Å². The van der Waals surface area contributed by atoms with E-state index >= 15 is 0 Å². The number of hydrogen-bond acceptors (Lipinski definition) is 2. The predicted octanol–water partition coefficient (Wildman–Crippen LogP) is 4.23. The summed E-state index contributed by atoms with van der Waals surface area (Å²) in [7, 11) is 0. The van der Waals surface area contributed by atoms with Crippen LogP contribution >= 0.6 is 0 Å². The van der Waals surface area contributed by atoms with Crippen LogP contribution in [0.3, 0.4) is 0 Å². The molecule has 27 heavy (non-hydrogen) atoms. The Labute approximate surface area is 158 Å². The number of para-hydroxylation sites is 1. The van der Waals surface area contributed by atoms with E-state index in [0.717, 1.165) is 42.4 Å². The Morgan fingerprint density at radius 1 is 1.07 bits per heavy atom. The maximum absolute atomic E-state index is 12.7.